The van der Waals surface area contributed by atoms with Gasteiger partial charge in [0.2, 0.25) is 0 Å². The smallest absolute Gasteiger partial charge is 0.0412 e. The Morgan fingerprint density at radius 1 is 1.19 bits per heavy atom. The molecule has 0 amide bonds. The molecule has 0 unspecified atom stereocenters. The zero-order valence-electron chi connectivity index (χ0n) is 13.5. The summed E-state index contributed by atoms with van der Waals surface area (Å²) in [4.78, 5) is 2.55. The fourth-order valence-electron chi connectivity index (χ4n) is 3.27. The summed E-state index contributed by atoms with van der Waals surface area (Å²) in [6.45, 7) is 8.84. The molecule has 2 nitrogen and oxygen atoms in total. The molecule has 0 saturated carbocycles. The number of anilines is 1. The molecule has 21 heavy (non-hydrogen) atoms. The molecule has 1 aromatic carbocycles. The molecule has 1 heterocycles. The second-order valence-corrected chi connectivity index (χ2v) is 6.61. The summed E-state index contributed by atoms with van der Waals surface area (Å²) in [6.07, 6.45) is 6.53. The summed E-state index contributed by atoms with van der Waals surface area (Å²) < 4.78 is 0. The second-order valence-electron chi connectivity index (χ2n) is 6.17. The first-order valence-corrected chi connectivity index (χ1v) is 8.86. The van der Waals surface area contributed by atoms with Gasteiger partial charge in [-0.1, -0.05) is 38.3 Å². The minimum absolute atomic E-state index is 0.841. The average Bonchev–Trinajstić information content (AvgIpc) is 2.49. The van der Waals surface area contributed by atoms with Crippen molar-refractivity contribution >= 4 is 17.3 Å². The molecule has 0 aliphatic carbocycles. The molecule has 1 N–H and O–H groups in total. The standard InChI is InChI=1S/C18H29ClN2/c1-3-5-15-8-11-21(12-9-15)18-7-6-17(19)13-16(18)14-20-10-4-2/h6-7,13,15,20H,3-5,8-12,14H2,1-2H3. The van der Waals surface area contributed by atoms with Crippen LogP contribution in [0.4, 0.5) is 5.69 Å². The van der Waals surface area contributed by atoms with E-state index < -0.39 is 0 Å². The van der Waals surface area contributed by atoms with Gasteiger partial charge in [-0.3, -0.25) is 0 Å². The lowest BCUT2D eigenvalue weighted by Crippen LogP contribution is -2.34. The normalized spacial score (nSPS) is 16.4. The van der Waals surface area contributed by atoms with Crippen LogP contribution in [0.15, 0.2) is 18.2 Å². The summed E-state index contributed by atoms with van der Waals surface area (Å²) in [7, 11) is 0. The number of rotatable bonds is 7. The zero-order valence-corrected chi connectivity index (χ0v) is 14.3. The minimum Gasteiger partial charge on any atom is -0.371 e. The fourth-order valence-corrected chi connectivity index (χ4v) is 3.47. The van der Waals surface area contributed by atoms with Crippen LogP contribution in [0, 0.1) is 5.92 Å². The van der Waals surface area contributed by atoms with Gasteiger partial charge in [-0.2, -0.15) is 0 Å². The van der Waals surface area contributed by atoms with Crippen LogP contribution in [0.3, 0.4) is 0 Å². The number of nitrogens with zero attached hydrogens (tertiary/aromatic N) is 1. The van der Waals surface area contributed by atoms with E-state index >= 15 is 0 Å². The molecule has 0 spiro atoms. The Kier molecular flexibility index (Phi) is 6.85. The molecule has 1 aliphatic rings. The second kappa shape index (κ2) is 8.65. The molecule has 0 bridgehead atoms. The molecule has 0 aromatic heterocycles. The summed E-state index contributed by atoms with van der Waals surface area (Å²) in [5.74, 6) is 0.931. The summed E-state index contributed by atoms with van der Waals surface area (Å²) in [5.41, 5.74) is 2.71. The summed E-state index contributed by atoms with van der Waals surface area (Å²) in [5, 5.41) is 4.34. The van der Waals surface area contributed by atoms with E-state index in [4.69, 9.17) is 11.6 Å². The Morgan fingerprint density at radius 3 is 2.62 bits per heavy atom. The highest BCUT2D eigenvalue weighted by atomic mass is 35.5. The molecule has 0 atom stereocenters. The van der Waals surface area contributed by atoms with Crippen molar-refractivity contribution in [2.45, 2.75) is 52.5 Å². The zero-order chi connectivity index (χ0) is 15.1. The lowest BCUT2D eigenvalue weighted by Gasteiger charge is -2.35. The first kappa shape index (κ1) is 16.6. The van der Waals surface area contributed by atoms with Crippen LogP contribution >= 0.6 is 11.6 Å². The van der Waals surface area contributed by atoms with Crippen LogP contribution < -0.4 is 10.2 Å². The molecule has 2 rings (SSSR count). The third kappa shape index (κ3) is 4.89. The molecule has 0 radical (unpaired) electrons. The molecule has 1 aromatic rings. The van der Waals surface area contributed by atoms with Crippen molar-refractivity contribution in [3.05, 3.63) is 28.8 Å². The number of benzene rings is 1. The van der Waals surface area contributed by atoms with Gasteiger partial charge in [0.25, 0.3) is 0 Å². The van der Waals surface area contributed by atoms with Gasteiger partial charge in [0.05, 0.1) is 0 Å². The number of hydrogen-bond donors (Lipinski definition) is 1. The molecule has 118 valence electrons. The lowest BCUT2D eigenvalue weighted by molar-refractivity contribution is 0.378. The van der Waals surface area contributed by atoms with E-state index in [1.807, 2.05) is 6.07 Å². The largest absolute Gasteiger partial charge is 0.371 e. The first-order chi connectivity index (χ1) is 10.2. The van der Waals surface area contributed by atoms with E-state index in [1.54, 1.807) is 0 Å². The van der Waals surface area contributed by atoms with E-state index in [9.17, 15) is 0 Å². The maximum Gasteiger partial charge on any atom is 0.0412 e. The Hall–Kier alpha value is -0.730. The Balaban J connectivity index is 2.01. The van der Waals surface area contributed by atoms with Crippen LogP contribution in [0.1, 0.15) is 51.5 Å². The first-order valence-electron chi connectivity index (χ1n) is 8.48. The van der Waals surface area contributed by atoms with Gasteiger partial charge in [-0.05, 0) is 55.5 Å². The predicted octanol–water partition coefficient (Wildman–Crippen LogP) is 4.86. The van der Waals surface area contributed by atoms with Crippen LogP contribution in [-0.4, -0.2) is 19.6 Å². The molecule has 1 fully saturated rings. The van der Waals surface area contributed by atoms with Gasteiger partial charge in [-0.15, -0.1) is 0 Å². The highest BCUT2D eigenvalue weighted by molar-refractivity contribution is 6.30. The summed E-state index contributed by atoms with van der Waals surface area (Å²) in [6, 6.07) is 6.35. The molecular weight excluding hydrogens is 280 g/mol. The third-order valence-corrected chi connectivity index (χ3v) is 4.67. The minimum atomic E-state index is 0.841. The average molecular weight is 309 g/mol. The van der Waals surface area contributed by atoms with Gasteiger partial charge in [0.1, 0.15) is 0 Å². The molecule has 1 saturated heterocycles. The molecular formula is C18H29ClN2. The maximum atomic E-state index is 6.19. The Bertz CT molecular complexity index is 425. The fraction of sp³-hybridized carbons (Fsp3) is 0.667. The van der Waals surface area contributed by atoms with Gasteiger partial charge >= 0.3 is 0 Å². The van der Waals surface area contributed by atoms with Crippen molar-refractivity contribution in [3.8, 4) is 0 Å². The topological polar surface area (TPSA) is 15.3 Å². The van der Waals surface area contributed by atoms with Crippen LogP contribution in [0.25, 0.3) is 0 Å². The highest BCUT2D eigenvalue weighted by Gasteiger charge is 2.20. The van der Waals surface area contributed by atoms with E-state index in [2.05, 4.69) is 36.2 Å². The monoisotopic (exact) mass is 308 g/mol. The quantitative estimate of drug-likeness (QED) is 0.724. The predicted molar refractivity (Wildman–Crippen MR) is 93.3 cm³/mol. The van der Waals surface area contributed by atoms with Crippen molar-refractivity contribution < 1.29 is 0 Å². The Morgan fingerprint density at radius 2 is 1.95 bits per heavy atom. The third-order valence-electron chi connectivity index (χ3n) is 4.44. The SMILES string of the molecule is CCCNCc1cc(Cl)ccc1N1CCC(CCC)CC1. The number of nitrogens with one attached hydrogen (secondary N) is 1. The van der Waals surface area contributed by atoms with E-state index in [0.717, 1.165) is 30.5 Å². The molecule has 1 aliphatic heterocycles. The van der Waals surface area contributed by atoms with E-state index in [0.29, 0.717) is 0 Å². The number of halogens is 1. The van der Waals surface area contributed by atoms with Crippen molar-refractivity contribution in [1.29, 1.82) is 0 Å². The van der Waals surface area contributed by atoms with Crippen LogP contribution in [-0.2, 0) is 6.54 Å². The van der Waals surface area contributed by atoms with Gasteiger partial charge in [0.15, 0.2) is 0 Å². The summed E-state index contributed by atoms with van der Waals surface area (Å²) >= 11 is 6.19. The number of hydrogen-bond acceptors (Lipinski definition) is 2. The van der Waals surface area contributed by atoms with Crippen LogP contribution in [0.2, 0.25) is 5.02 Å². The maximum absolute atomic E-state index is 6.19. The van der Waals surface area contributed by atoms with Gasteiger partial charge in [-0.25, -0.2) is 0 Å². The van der Waals surface area contributed by atoms with Gasteiger partial charge in [0, 0.05) is 30.3 Å². The highest BCUT2D eigenvalue weighted by Crippen LogP contribution is 2.30. The van der Waals surface area contributed by atoms with E-state index in [-0.39, 0.29) is 0 Å². The molecule has 3 heteroatoms. The Labute approximate surface area is 134 Å². The number of piperidine rings is 1. The van der Waals surface area contributed by atoms with Gasteiger partial charge < -0.3 is 10.2 Å². The van der Waals surface area contributed by atoms with E-state index in [1.165, 1.54) is 50.0 Å². The van der Waals surface area contributed by atoms with Crippen molar-refractivity contribution in [2.24, 2.45) is 5.92 Å². The van der Waals surface area contributed by atoms with Crippen molar-refractivity contribution in [2.75, 3.05) is 24.5 Å². The van der Waals surface area contributed by atoms with Crippen LogP contribution in [0.5, 0.6) is 0 Å². The van der Waals surface area contributed by atoms with Crippen molar-refractivity contribution in [1.82, 2.24) is 5.32 Å². The van der Waals surface area contributed by atoms with Crippen molar-refractivity contribution in [3.63, 3.8) is 0 Å². The lowest BCUT2D eigenvalue weighted by atomic mass is 9.92.